The van der Waals surface area contributed by atoms with Crippen LogP contribution in [-0.2, 0) is 5.41 Å². The van der Waals surface area contributed by atoms with Gasteiger partial charge in [-0.25, -0.2) is 0 Å². The fourth-order valence-corrected chi connectivity index (χ4v) is 2.88. The second-order valence-corrected chi connectivity index (χ2v) is 5.67. The van der Waals surface area contributed by atoms with Gasteiger partial charge in [-0.3, -0.25) is 0 Å². The molecule has 4 nitrogen and oxygen atoms in total. The van der Waals surface area contributed by atoms with Gasteiger partial charge in [-0.1, -0.05) is 41.9 Å². The maximum Gasteiger partial charge on any atom is 0.233 e. The zero-order valence-corrected chi connectivity index (χ0v) is 12.1. The van der Waals surface area contributed by atoms with Crippen molar-refractivity contribution < 1.29 is 4.52 Å². The Balaban J connectivity index is 1.91. The maximum absolute atomic E-state index is 5.59. The lowest BCUT2D eigenvalue weighted by Gasteiger charge is -2.33. The van der Waals surface area contributed by atoms with Gasteiger partial charge in [0, 0.05) is 5.56 Å². The monoisotopic (exact) mass is 271 g/mol. The molecule has 4 heteroatoms. The molecule has 0 bridgehead atoms. The van der Waals surface area contributed by atoms with Crippen molar-refractivity contribution in [3.63, 3.8) is 0 Å². The van der Waals surface area contributed by atoms with Crippen LogP contribution in [0.25, 0.3) is 11.4 Å². The van der Waals surface area contributed by atoms with Crippen LogP contribution in [0.15, 0.2) is 28.8 Å². The third kappa shape index (κ3) is 2.36. The molecule has 1 aliphatic heterocycles. The van der Waals surface area contributed by atoms with E-state index in [9.17, 15) is 0 Å². The van der Waals surface area contributed by atoms with Crippen LogP contribution in [0.5, 0.6) is 0 Å². The van der Waals surface area contributed by atoms with E-state index in [1.54, 1.807) is 0 Å². The van der Waals surface area contributed by atoms with E-state index in [1.807, 2.05) is 12.1 Å². The van der Waals surface area contributed by atoms with Crippen molar-refractivity contribution in [3.05, 3.63) is 35.7 Å². The molecule has 0 atom stereocenters. The predicted octanol–water partition coefficient (Wildman–Crippen LogP) is 3.08. The number of hydrogen-bond donors (Lipinski definition) is 1. The van der Waals surface area contributed by atoms with Gasteiger partial charge in [0.25, 0.3) is 0 Å². The summed E-state index contributed by atoms with van der Waals surface area (Å²) in [5.74, 6) is 1.50. The number of rotatable bonds is 3. The van der Waals surface area contributed by atoms with Crippen LogP contribution in [0.4, 0.5) is 0 Å². The molecule has 2 aromatic rings. The normalized spacial score (nSPS) is 18.1. The lowest BCUT2D eigenvalue weighted by atomic mass is 9.76. The lowest BCUT2D eigenvalue weighted by Crippen LogP contribution is -2.39. The number of piperidine rings is 1. The molecule has 0 spiro atoms. The molecule has 1 aromatic heterocycles. The molecule has 0 amide bonds. The van der Waals surface area contributed by atoms with E-state index in [1.165, 1.54) is 5.56 Å². The molecule has 3 rings (SSSR count). The summed E-state index contributed by atoms with van der Waals surface area (Å²) in [5, 5.41) is 7.58. The predicted molar refractivity (Wildman–Crippen MR) is 78.5 cm³/mol. The molecule has 0 radical (unpaired) electrons. The Bertz CT molecular complexity index is 568. The summed E-state index contributed by atoms with van der Waals surface area (Å²) in [6.45, 7) is 6.33. The maximum atomic E-state index is 5.59. The highest BCUT2D eigenvalue weighted by Gasteiger charge is 2.37. The zero-order chi connectivity index (χ0) is 14.0. The highest BCUT2D eigenvalue weighted by molar-refractivity contribution is 5.54. The first-order chi connectivity index (χ1) is 9.73. The summed E-state index contributed by atoms with van der Waals surface area (Å²) < 4.78 is 5.59. The van der Waals surface area contributed by atoms with Gasteiger partial charge in [0.05, 0.1) is 5.41 Å². The molecule has 0 aliphatic carbocycles. The summed E-state index contributed by atoms with van der Waals surface area (Å²) in [7, 11) is 0. The highest BCUT2D eigenvalue weighted by Crippen LogP contribution is 2.36. The first-order valence-corrected chi connectivity index (χ1v) is 7.35. The average molecular weight is 271 g/mol. The topological polar surface area (TPSA) is 51.0 Å². The molecule has 0 saturated carbocycles. The van der Waals surface area contributed by atoms with E-state index in [0.29, 0.717) is 5.82 Å². The van der Waals surface area contributed by atoms with Gasteiger partial charge in [0.2, 0.25) is 11.7 Å². The Labute approximate surface area is 119 Å². The molecule has 20 heavy (non-hydrogen) atoms. The third-order valence-electron chi connectivity index (χ3n) is 4.43. The van der Waals surface area contributed by atoms with Gasteiger partial charge < -0.3 is 9.84 Å². The molecular weight excluding hydrogens is 250 g/mol. The molecule has 1 fully saturated rings. The molecular formula is C16H21N3O. The fourth-order valence-electron chi connectivity index (χ4n) is 2.88. The number of hydrogen-bond acceptors (Lipinski definition) is 4. The summed E-state index contributed by atoms with van der Waals surface area (Å²) in [6.07, 6.45) is 3.18. The molecule has 1 N–H and O–H groups in total. The van der Waals surface area contributed by atoms with E-state index in [0.717, 1.165) is 43.8 Å². The van der Waals surface area contributed by atoms with Crippen LogP contribution in [0.2, 0.25) is 0 Å². The molecule has 1 aromatic carbocycles. The molecule has 1 aliphatic rings. The van der Waals surface area contributed by atoms with Gasteiger partial charge in [-0.2, -0.15) is 4.98 Å². The first-order valence-electron chi connectivity index (χ1n) is 7.35. The van der Waals surface area contributed by atoms with Gasteiger partial charge in [-0.15, -0.1) is 0 Å². The largest absolute Gasteiger partial charge is 0.338 e. The molecule has 0 unspecified atom stereocenters. The first kappa shape index (κ1) is 13.3. The smallest absolute Gasteiger partial charge is 0.233 e. The van der Waals surface area contributed by atoms with Gasteiger partial charge in [0.1, 0.15) is 0 Å². The summed E-state index contributed by atoms with van der Waals surface area (Å²) in [6, 6.07) is 8.24. The summed E-state index contributed by atoms with van der Waals surface area (Å²) >= 11 is 0. The fraction of sp³-hybridized carbons (Fsp3) is 0.500. The second kappa shape index (κ2) is 5.37. The van der Waals surface area contributed by atoms with Gasteiger partial charge in [0.15, 0.2) is 0 Å². The van der Waals surface area contributed by atoms with Crippen LogP contribution in [0, 0.1) is 6.92 Å². The Morgan fingerprint density at radius 1 is 1.20 bits per heavy atom. The Kier molecular flexibility index (Phi) is 3.57. The Morgan fingerprint density at radius 3 is 2.55 bits per heavy atom. The SMILES string of the molecule is CCC1(c2nc(-c3ccc(C)cc3)no2)CCNCC1. The van der Waals surface area contributed by atoms with Crippen molar-refractivity contribution in [1.29, 1.82) is 0 Å². The van der Waals surface area contributed by atoms with Gasteiger partial charge >= 0.3 is 0 Å². The van der Waals surface area contributed by atoms with E-state index in [-0.39, 0.29) is 5.41 Å². The number of nitrogens with one attached hydrogen (secondary N) is 1. The van der Waals surface area contributed by atoms with Crippen molar-refractivity contribution in [2.75, 3.05) is 13.1 Å². The minimum absolute atomic E-state index is 0.0567. The van der Waals surface area contributed by atoms with Crippen LogP contribution in [-0.4, -0.2) is 23.2 Å². The van der Waals surface area contributed by atoms with Crippen molar-refractivity contribution in [2.24, 2.45) is 0 Å². The number of benzene rings is 1. The molecule has 2 heterocycles. The van der Waals surface area contributed by atoms with Crippen LogP contribution in [0.3, 0.4) is 0 Å². The summed E-state index contributed by atoms with van der Waals surface area (Å²) in [4.78, 5) is 4.67. The standard InChI is InChI=1S/C16H21N3O/c1-3-16(8-10-17-11-9-16)15-18-14(19-20-15)13-6-4-12(2)5-7-13/h4-7,17H,3,8-11H2,1-2H3. The number of nitrogens with zero attached hydrogens (tertiary/aromatic N) is 2. The number of aryl methyl sites for hydroxylation is 1. The average Bonchev–Trinajstić information content (AvgIpc) is 2.99. The van der Waals surface area contributed by atoms with Crippen LogP contribution >= 0.6 is 0 Å². The second-order valence-electron chi connectivity index (χ2n) is 5.67. The quantitative estimate of drug-likeness (QED) is 0.932. The van der Waals surface area contributed by atoms with E-state index >= 15 is 0 Å². The minimum Gasteiger partial charge on any atom is -0.338 e. The van der Waals surface area contributed by atoms with Crippen molar-refractivity contribution in [2.45, 2.75) is 38.5 Å². The highest BCUT2D eigenvalue weighted by atomic mass is 16.5. The van der Waals surface area contributed by atoms with Gasteiger partial charge in [-0.05, 0) is 39.3 Å². The minimum atomic E-state index is 0.0567. The number of aromatic nitrogens is 2. The van der Waals surface area contributed by atoms with Crippen molar-refractivity contribution in [1.82, 2.24) is 15.5 Å². The van der Waals surface area contributed by atoms with E-state index in [2.05, 4.69) is 41.4 Å². The van der Waals surface area contributed by atoms with E-state index < -0.39 is 0 Å². The lowest BCUT2D eigenvalue weighted by molar-refractivity contribution is 0.216. The van der Waals surface area contributed by atoms with Crippen LogP contribution in [0.1, 0.15) is 37.6 Å². The van der Waals surface area contributed by atoms with Crippen molar-refractivity contribution in [3.8, 4) is 11.4 Å². The Hall–Kier alpha value is -1.68. The zero-order valence-electron chi connectivity index (χ0n) is 12.1. The Morgan fingerprint density at radius 2 is 1.90 bits per heavy atom. The molecule has 1 saturated heterocycles. The molecule has 106 valence electrons. The van der Waals surface area contributed by atoms with E-state index in [4.69, 9.17) is 4.52 Å². The summed E-state index contributed by atoms with van der Waals surface area (Å²) in [5.41, 5.74) is 2.31. The van der Waals surface area contributed by atoms with Crippen LogP contribution < -0.4 is 5.32 Å². The van der Waals surface area contributed by atoms with Crippen molar-refractivity contribution >= 4 is 0 Å². The third-order valence-corrected chi connectivity index (χ3v) is 4.43.